The van der Waals surface area contributed by atoms with E-state index < -0.39 is 30.0 Å². The number of amides is 4. The fourth-order valence-corrected chi connectivity index (χ4v) is 20.7. The Morgan fingerprint density at radius 3 is 1.60 bits per heavy atom. The van der Waals surface area contributed by atoms with E-state index in [2.05, 4.69) is 143 Å². The van der Waals surface area contributed by atoms with Crippen LogP contribution in [0.1, 0.15) is 226 Å². The SMILES string of the molecule is CC(C)(C)OC(=O)n1cc(B2OC(C)(C)C(C)(C)O2)cn1.CC(C)c1cc(C(C)C)c(-c2cccc(P(C3CCCCC3)C3CCCCC3)c2)c(C(C)C)c1.COc1cccc([C@@H](C)N2CCN(c3ccc(-c4cn[nH]c4)cc3OC)C2=O)c1.COc1cccc([C@@H](C)N2CCN(c3ccc(Br)cc3OC)C2=O)c1.Nc1ccccc1-c1[c-]cccc1.[Cl][Pd+]. The average molecular weight is 1880 g/mol. The Morgan fingerprint density at radius 1 is 0.589 bits per heavy atom. The fraction of sp³-hybridized carbons (Fsp3) is 0.430. The number of halogens is 2. The van der Waals surface area contributed by atoms with E-state index in [0.29, 0.717) is 60.9 Å². The van der Waals surface area contributed by atoms with Crippen LogP contribution in [0.4, 0.5) is 31.4 Å². The molecule has 0 unspecified atom stereocenters. The Labute approximate surface area is 761 Å². The van der Waals surface area contributed by atoms with Crippen molar-refractivity contribution in [2.45, 2.75) is 226 Å². The fourth-order valence-electron chi connectivity index (χ4n) is 16.5. The second-order valence-corrected chi connectivity index (χ2v) is 38.8. The number of aromatic nitrogens is 4. The van der Waals surface area contributed by atoms with Gasteiger partial charge in [-0.2, -0.15) is 14.9 Å². The normalized spacial score (nSPS) is 16.3. The van der Waals surface area contributed by atoms with Gasteiger partial charge in [-0.25, -0.2) is 14.4 Å². The molecule has 2 atom stereocenters. The molecular weight excluding hydrogens is 1750 g/mol. The van der Waals surface area contributed by atoms with Gasteiger partial charge in [0.15, 0.2) is 0 Å². The van der Waals surface area contributed by atoms with E-state index in [-0.39, 0.29) is 32.1 Å². The number of H-pyrrole nitrogens is 1. The number of anilines is 3. The van der Waals surface area contributed by atoms with Gasteiger partial charge < -0.3 is 48.5 Å². The monoisotopic (exact) mass is 1880 g/mol. The number of nitrogens with zero attached hydrogens (tertiary/aromatic N) is 7. The van der Waals surface area contributed by atoms with Gasteiger partial charge in [-0.15, -0.1) is 35.9 Å². The third kappa shape index (κ3) is 24.6. The Balaban J connectivity index is 0.000000165. The first-order valence-electron chi connectivity index (χ1n) is 43.4. The van der Waals surface area contributed by atoms with Gasteiger partial charge in [0.1, 0.15) is 28.6 Å². The molecule has 3 aliphatic heterocycles. The van der Waals surface area contributed by atoms with Crippen molar-refractivity contribution in [3.05, 3.63) is 233 Å². The maximum atomic E-state index is 13.2. The zero-order valence-electron chi connectivity index (χ0n) is 75.8. The molecule has 10 aromatic rings. The van der Waals surface area contributed by atoms with Gasteiger partial charge >= 0.3 is 53.0 Å². The van der Waals surface area contributed by atoms with Crippen LogP contribution in [0.25, 0.3) is 33.4 Å². The average Bonchev–Trinajstić information content (AvgIpc) is 1.26. The number of carbonyl (C=O) groups excluding carboxylic acids is 3. The van der Waals surface area contributed by atoms with E-state index in [9.17, 15) is 14.4 Å². The predicted molar refractivity (Wildman–Crippen MR) is 508 cm³/mol. The molecule has 664 valence electrons. The topological polar surface area (TPSA) is 201 Å². The van der Waals surface area contributed by atoms with Crippen molar-refractivity contribution in [1.29, 1.82) is 0 Å². The number of hydrogen-bond donors (Lipinski definition) is 2. The number of carbonyl (C=O) groups is 3. The minimum absolute atomic E-state index is 0.0176. The first kappa shape index (κ1) is 97.2. The first-order valence-corrected chi connectivity index (χ1v) is 47.7. The van der Waals surface area contributed by atoms with Crippen LogP contribution in [0, 0.1) is 6.07 Å². The summed E-state index contributed by atoms with van der Waals surface area (Å²) in [6.45, 7) is 34.2. The molecule has 124 heavy (non-hydrogen) atoms. The molecule has 0 radical (unpaired) electrons. The van der Waals surface area contributed by atoms with Crippen LogP contribution in [-0.2, 0) is 32.2 Å². The van der Waals surface area contributed by atoms with E-state index in [1.165, 1.54) is 75.3 Å². The predicted octanol–water partition coefficient (Wildman–Crippen LogP) is 24.5. The molecule has 3 saturated heterocycles. The van der Waals surface area contributed by atoms with E-state index in [1.807, 2.05) is 212 Å². The Bertz CT molecular complexity index is 5050. The molecule has 0 spiro atoms. The summed E-state index contributed by atoms with van der Waals surface area (Å²) >= 11 is 5.66. The second-order valence-electron chi connectivity index (χ2n) is 35.1. The summed E-state index contributed by atoms with van der Waals surface area (Å²) in [6.07, 6.45) is 20.9. The molecule has 2 aromatic heterocycles. The van der Waals surface area contributed by atoms with Crippen LogP contribution in [0.3, 0.4) is 0 Å². The zero-order chi connectivity index (χ0) is 89.7. The molecule has 19 nitrogen and oxygen atoms in total. The van der Waals surface area contributed by atoms with Gasteiger partial charge in [-0.05, 0) is 239 Å². The summed E-state index contributed by atoms with van der Waals surface area (Å²) < 4.78 is 40.8. The van der Waals surface area contributed by atoms with Crippen molar-refractivity contribution in [2.75, 3.05) is 70.2 Å². The third-order valence-electron chi connectivity index (χ3n) is 24.1. The number of urea groups is 2. The molecule has 3 N–H and O–H groups in total. The van der Waals surface area contributed by atoms with Crippen molar-refractivity contribution in [2.24, 2.45) is 0 Å². The van der Waals surface area contributed by atoms with Crippen LogP contribution in [-0.4, -0.2) is 138 Å². The maximum absolute atomic E-state index is 13.2. The number of ether oxygens (including phenoxy) is 5. The van der Waals surface area contributed by atoms with Crippen molar-refractivity contribution < 1.29 is 65.6 Å². The molecule has 15 rings (SSSR count). The molecule has 2 aliphatic carbocycles. The van der Waals surface area contributed by atoms with Gasteiger partial charge in [0, 0.05) is 60.3 Å². The van der Waals surface area contributed by atoms with E-state index in [1.54, 1.807) is 78.8 Å². The number of benzene rings is 8. The Hall–Kier alpha value is -8.96. The number of methoxy groups -OCH3 is 4. The summed E-state index contributed by atoms with van der Waals surface area (Å²) in [6, 6.07) is 60.9. The second kappa shape index (κ2) is 45.0. The van der Waals surface area contributed by atoms with Gasteiger partial charge in [-0.3, -0.25) is 14.9 Å². The molecule has 5 fully saturated rings. The number of nitrogens with one attached hydrogen (secondary N) is 1. The number of para-hydroxylation sites is 1. The number of rotatable bonds is 20. The number of nitrogen functional groups attached to an aromatic ring is 1. The van der Waals surface area contributed by atoms with Crippen LogP contribution in [0.15, 0.2) is 199 Å². The Kier molecular flexibility index (Phi) is 35.3. The van der Waals surface area contributed by atoms with E-state index in [0.717, 1.165) is 82.4 Å². The summed E-state index contributed by atoms with van der Waals surface area (Å²) in [5.41, 5.74) is 23.1. The third-order valence-corrected chi connectivity index (χ3v) is 28.0. The zero-order valence-corrected chi connectivity index (χ0v) is 80.6. The number of aromatic amines is 1. The number of hydrogen-bond acceptors (Lipinski definition) is 13. The first-order chi connectivity index (χ1) is 59.3. The van der Waals surface area contributed by atoms with Gasteiger partial charge in [0.25, 0.3) is 0 Å². The number of nitrogens with two attached hydrogens (primary N) is 1. The van der Waals surface area contributed by atoms with Crippen molar-refractivity contribution >= 4 is 86.5 Å². The molecule has 5 aliphatic rings. The summed E-state index contributed by atoms with van der Waals surface area (Å²) in [5, 5.41) is 12.5. The van der Waals surface area contributed by atoms with Gasteiger partial charge in [0.05, 0.1) is 69.3 Å². The van der Waals surface area contributed by atoms with E-state index in [4.69, 9.17) is 38.7 Å². The molecule has 24 heteroatoms. The van der Waals surface area contributed by atoms with Crippen molar-refractivity contribution in [3.8, 4) is 56.4 Å². The summed E-state index contributed by atoms with van der Waals surface area (Å²) in [4.78, 5) is 45.4. The van der Waals surface area contributed by atoms with Crippen molar-refractivity contribution in [3.63, 3.8) is 0 Å². The minimum atomic E-state index is -0.562. The molecule has 0 bridgehead atoms. The molecule has 8 aromatic carbocycles. The van der Waals surface area contributed by atoms with E-state index >= 15 is 0 Å². The van der Waals surface area contributed by atoms with Crippen LogP contribution in [0.2, 0.25) is 0 Å². The van der Waals surface area contributed by atoms with Crippen molar-refractivity contribution in [1.82, 2.24) is 29.8 Å². The van der Waals surface area contributed by atoms with Crippen LogP contribution in [0.5, 0.6) is 23.0 Å². The summed E-state index contributed by atoms with van der Waals surface area (Å²) in [5.74, 6) is 4.56. The summed E-state index contributed by atoms with van der Waals surface area (Å²) in [7, 11) is 10.4. The molecule has 2 saturated carbocycles. The van der Waals surface area contributed by atoms with Crippen LogP contribution >= 0.6 is 33.4 Å². The molecule has 4 amide bonds. The van der Waals surface area contributed by atoms with Crippen LogP contribution < -0.4 is 45.2 Å². The van der Waals surface area contributed by atoms with Gasteiger partial charge in [-0.1, -0.05) is 188 Å². The standard InChI is InChI=1S/C33H49P.C22H24N4O3.C19H21BrN2O3.C14H23BN2O4.C12H10N.ClH.Pd/c1-23(2)27-21-31(24(3)4)33(32(22-27)25(5)6)26-14-13-19-30(20-26)34(28-15-9-7-10-16-28)29-17-11-8-12-18-29;1-15(16-5-4-6-19(11-16)28-2)25-9-10-26(22(25)27)20-8-7-17(12-21(20)29-3)18-13-23-24-14-18;1-13(14-5-4-6-16(11-14)24-2)21-9-10-22(19(21)23)17-8-7-15(20)12-18(17)25-3;1-12(2,3)19-11(18)17-9-10(8-16-17)15-20-13(4,5)14(6,7)21-15;13-12-9-5-4-8-11(12)10-6-2-1-3-7-10;;/h13-14,19-25,28-29H,7-12,15-18H2,1-6H3;4-8,11-15H,9-10H2,1-3H3,(H,23,24);4-8,11-13H,9-10H2,1-3H3;8-9H,1-7H3;1-6,8-9H,13H2;1H;/q;;;;-1;;+2/p-1/t;15-;13-;;;;/m.11..../s1. The quantitative estimate of drug-likeness (QED) is 0.0316. The van der Waals surface area contributed by atoms with Gasteiger partial charge in [0.2, 0.25) is 0 Å². The Morgan fingerprint density at radius 2 is 1.11 bits per heavy atom. The molecule has 5 heterocycles. The molecular formula is C100H127BBrClN9O10PPd.